The van der Waals surface area contributed by atoms with Gasteiger partial charge in [0.05, 0.1) is 5.41 Å². The number of amides is 3. The molecule has 3 amide bonds. The zero-order valence-electron chi connectivity index (χ0n) is 11.9. The molecular weight excluding hydrogens is 292 g/mol. The van der Waals surface area contributed by atoms with Crippen LogP contribution in [0.2, 0.25) is 0 Å². The molecule has 1 atom stereocenters. The van der Waals surface area contributed by atoms with Gasteiger partial charge in [-0.05, 0) is 50.6 Å². The topological polar surface area (TPSA) is 96.2 Å². The Labute approximate surface area is 130 Å². The number of carbonyl (C=O) groups excluding carboxylic acids is 2. The molecule has 0 bridgehead atoms. The molecule has 7 heteroatoms. The van der Waals surface area contributed by atoms with Gasteiger partial charge < -0.3 is 21.7 Å². The lowest BCUT2D eigenvalue weighted by Crippen LogP contribution is -2.46. The minimum atomic E-state index is -0.609. The fraction of sp³-hybridized carbons (Fsp3) is 0.429. The first-order valence-electron chi connectivity index (χ1n) is 6.68. The van der Waals surface area contributed by atoms with E-state index >= 15 is 0 Å². The fourth-order valence-corrected chi connectivity index (χ4v) is 2.31. The maximum Gasteiger partial charge on any atom is 0.316 e. The zero-order chi connectivity index (χ0) is 14.6. The third-order valence-corrected chi connectivity index (χ3v) is 3.56. The summed E-state index contributed by atoms with van der Waals surface area (Å²) in [6, 6.07) is 6.26. The van der Waals surface area contributed by atoms with Crippen molar-refractivity contribution in [2.45, 2.75) is 19.8 Å². The molecular formula is C14H21ClN4O2. The van der Waals surface area contributed by atoms with Gasteiger partial charge in [0, 0.05) is 17.9 Å². The first kappa shape index (κ1) is 17.3. The molecule has 0 saturated carbocycles. The average molecular weight is 313 g/mol. The van der Waals surface area contributed by atoms with E-state index in [1.807, 2.05) is 6.92 Å². The van der Waals surface area contributed by atoms with Crippen molar-refractivity contribution in [2.75, 3.05) is 23.7 Å². The van der Waals surface area contributed by atoms with Gasteiger partial charge in [-0.3, -0.25) is 4.79 Å². The molecule has 21 heavy (non-hydrogen) atoms. The number of hydrogen-bond donors (Lipinski definition) is 4. The summed E-state index contributed by atoms with van der Waals surface area (Å²) in [7, 11) is 0. The summed E-state index contributed by atoms with van der Waals surface area (Å²) >= 11 is 0. The monoisotopic (exact) mass is 312 g/mol. The third kappa shape index (κ3) is 4.61. The van der Waals surface area contributed by atoms with Crippen LogP contribution in [-0.2, 0) is 4.79 Å². The summed E-state index contributed by atoms with van der Waals surface area (Å²) in [5.74, 6) is 0.0142. The molecule has 1 unspecified atom stereocenters. The lowest BCUT2D eigenvalue weighted by Gasteiger charge is -2.32. The lowest BCUT2D eigenvalue weighted by atomic mass is 9.82. The van der Waals surface area contributed by atoms with Crippen molar-refractivity contribution in [1.29, 1.82) is 0 Å². The van der Waals surface area contributed by atoms with E-state index in [0.29, 0.717) is 17.9 Å². The molecule has 1 aromatic rings. The molecule has 2 rings (SSSR count). The van der Waals surface area contributed by atoms with E-state index < -0.39 is 6.03 Å². The Morgan fingerprint density at radius 2 is 1.76 bits per heavy atom. The molecule has 1 aliphatic rings. The zero-order valence-corrected chi connectivity index (χ0v) is 12.8. The molecule has 116 valence electrons. The highest BCUT2D eigenvalue weighted by Crippen LogP contribution is 2.27. The van der Waals surface area contributed by atoms with Crippen molar-refractivity contribution in [2.24, 2.45) is 11.1 Å². The quantitative estimate of drug-likeness (QED) is 0.686. The third-order valence-electron chi connectivity index (χ3n) is 3.56. The van der Waals surface area contributed by atoms with Crippen LogP contribution >= 0.6 is 12.4 Å². The first-order valence-corrected chi connectivity index (χ1v) is 6.68. The molecule has 0 aromatic heterocycles. The van der Waals surface area contributed by atoms with Crippen molar-refractivity contribution in [1.82, 2.24) is 5.32 Å². The van der Waals surface area contributed by atoms with Gasteiger partial charge in [-0.25, -0.2) is 4.79 Å². The summed E-state index contributed by atoms with van der Waals surface area (Å²) in [6.45, 7) is 3.63. The second kappa shape index (κ2) is 7.28. The van der Waals surface area contributed by atoms with Crippen LogP contribution in [0.5, 0.6) is 0 Å². The van der Waals surface area contributed by atoms with Crippen LogP contribution in [0.25, 0.3) is 0 Å². The van der Waals surface area contributed by atoms with E-state index in [0.717, 1.165) is 19.4 Å². The van der Waals surface area contributed by atoms with E-state index in [-0.39, 0.29) is 23.7 Å². The molecule has 1 heterocycles. The van der Waals surface area contributed by atoms with Gasteiger partial charge in [0.1, 0.15) is 0 Å². The fourth-order valence-electron chi connectivity index (χ4n) is 2.31. The van der Waals surface area contributed by atoms with Crippen LogP contribution in [0.1, 0.15) is 19.8 Å². The number of piperidine rings is 1. The van der Waals surface area contributed by atoms with Gasteiger partial charge in [0.25, 0.3) is 0 Å². The number of nitrogens with two attached hydrogens (primary N) is 1. The highest BCUT2D eigenvalue weighted by Gasteiger charge is 2.34. The van der Waals surface area contributed by atoms with Gasteiger partial charge in [-0.2, -0.15) is 0 Å². The Morgan fingerprint density at radius 1 is 1.19 bits per heavy atom. The number of urea groups is 1. The largest absolute Gasteiger partial charge is 0.351 e. The van der Waals surface area contributed by atoms with Gasteiger partial charge >= 0.3 is 6.03 Å². The predicted octanol–water partition coefficient (Wildman–Crippen LogP) is 1.93. The van der Waals surface area contributed by atoms with Gasteiger partial charge in [0.2, 0.25) is 5.91 Å². The summed E-state index contributed by atoms with van der Waals surface area (Å²) in [5.41, 5.74) is 5.96. The number of primary amides is 1. The average Bonchev–Trinajstić information content (AvgIpc) is 2.41. The minimum Gasteiger partial charge on any atom is -0.351 e. The highest BCUT2D eigenvalue weighted by atomic mass is 35.5. The molecule has 1 saturated heterocycles. The molecule has 0 spiro atoms. The first-order chi connectivity index (χ1) is 9.49. The van der Waals surface area contributed by atoms with Crippen LogP contribution in [0.4, 0.5) is 16.2 Å². The summed E-state index contributed by atoms with van der Waals surface area (Å²) in [4.78, 5) is 23.0. The van der Waals surface area contributed by atoms with E-state index in [9.17, 15) is 9.59 Å². The Balaban J connectivity index is 0.00000220. The van der Waals surface area contributed by atoms with Gasteiger partial charge in [-0.15, -0.1) is 12.4 Å². The second-order valence-electron chi connectivity index (χ2n) is 5.36. The SMILES string of the molecule is CC1(C(=O)Nc2ccc(NC(N)=O)cc2)CCCNC1.Cl. The number of hydrogen-bond acceptors (Lipinski definition) is 3. The van der Waals surface area contributed by atoms with Crippen molar-refractivity contribution in [3.05, 3.63) is 24.3 Å². The van der Waals surface area contributed by atoms with Gasteiger partial charge in [0.15, 0.2) is 0 Å². The van der Waals surface area contributed by atoms with Crippen LogP contribution in [0, 0.1) is 5.41 Å². The normalized spacial score (nSPS) is 21.0. The molecule has 6 nitrogen and oxygen atoms in total. The van der Waals surface area contributed by atoms with E-state index in [1.54, 1.807) is 24.3 Å². The summed E-state index contributed by atoms with van der Waals surface area (Å²) in [5, 5.41) is 8.63. The smallest absolute Gasteiger partial charge is 0.316 e. The molecule has 0 radical (unpaired) electrons. The van der Waals surface area contributed by atoms with Crippen molar-refractivity contribution < 1.29 is 9.59 Å². The van der Waals surface area contributed by atoms with Gasteiger partial charge in [-0.1, -0.05) is 0 Å². The van der Waals surface area contributed by atoms with Crippen molar-refractivity contribution in [3.8, 4) is 0 Å². The van der Waals surface area contributed by atoms with Crippen molar-refractivity contribution in [3.63, 3.8) is 0 Å². The van der Waals surface area contributed by atoms with Crippen LogP contribution in [-0.4, -0.2) is 25.0 Å². The minimum absolute atomic E-state index is 0. The van der Waals surface area contributed by atoms with E-state index in [1.165, 1.54) is 0 Å². The Kier molecular flexibility index (Phi) is 5.99. The Hall–Kier alpha value is -1.79. The van der Waals surface area contributed by atoms with Crippen LogP contribution in [0.15, 0.2) is 24.3 Å². The molecule has 0 aliphatic carbocycles. The second-order valence-corrected chi connectivity index (χ2v) is 5.36. The molecule has 1 aliphatic heterocycles. The van der Waals surface area contributed by atoms with E-state index in [4.69, 9.17) is 5.73 Å². The molecule has 5 N–H and O–H groups in total. The number of nitrogens with one attached hydrogen (secondary N) is 3. The van der Waals surface area contributed by atoms with Crippen molar-refractivity contribution >= 4 is 35.7 Å². The number of anilines is 2. The maximum absolute atomic E-state index is 12.3. The standard InChI is InChI=1S/C14H20N4O2.ClH/c1-14(7-2-8-16-9-14)12(19)17-10-3-5-11(6-4-10)18-13(15)20;/h3-6,16H,2,7-9H2,1H3,(H,17,19)(H3,15,18,20);1H. The van der Waals surface area contributed by atoms with Crippen LogP contribution in [0.3, 0.4) is 0 Å². The van der Waals surface area contributed by atoms with E-state index in [2.05, 4.69) is 16.0 Å². The number of benzene rings is 1. The van der Waals surface area contributed by atoms with Crippen LogP contribution < -0.4 is 21.7 Å². The predicted molar refractivity (Wildman–Crippen MR) is 85.7 cm³/mol. The maximum atomic E-state index is 12.3. The lowest BCUT2D eigenvalue weighted by molar-refractivity contribution is -0.125. The number of halogens is 1. The Morgan fingerprint density at radius 3 is 2.24 bits per heavy atom. The number of rotatable bonds is 3. The highest BCUT2D eigenvalue weighted by molar-refractivity contribution is 5.95. The molecule has 1 fully saturated rings. The summed E-state index contributed by atoms with van der Waals surface area (Å²) < 4.78 is 0. The molecule has 1 aromatic carbocycles. The Bertz CT molecular complexity index is 498. The summed E-state index contributed by atoms with van der Waals surface area (Å²) in [6.07, 6.45) is 1.89. The number of carbonyl (C=O) groups is 2.